The summed E-state index contributed by atoms with van der Waals surface area (Å²) >= 11 is 1.68. The molecule has 7 heteroatoms. The van der Waals surface area contributed by atoms with E-state index in [0.717, 1.165) is 11.5 Å². The molecule has 1 amide bonds. The quantitative estimate of drug-likeness (QED) is 0.716. The maximum atomic E-state index is 12.7. The van der Waals surface area contributed by atoms with Crippen molar-refractivity contribution in [2.75, 3.05) is 6.54 Å². The third kappa shape index (κ3) is 2.37. The fraction of sp³-hybridized carbons (Fsp3) is 0.235. The molecule has 3 aromatic heterocycles. The van der Waals surface area contributed by atoms with Gasteiger partial charge in [-0.05, 0) is 17.5 Å². The lowest BCUT2D eigenvalue weighted by atomic mass is 10.2. The van der Waals surface area contributed by atoms with E-state index in [9.17, 15) is 9.59 Å². The minimum absolute atomic E-state index is 0.137. The first-order valence-electron chi connectivity index (χ1n) is 7.69. The van der Waals surface area contributed by atoms with Gasteiger partial charge in [0.1, 0.15) is 11.5 Å². The van der Waals surface area contributed by atoms with Crippen molar-refractivity contribution in [2.45, 2.75) is 13.1 Å². The number of fused-ring (bicyclic) bond motifs is 1. The second-order valence-electron chi connectivity index (χ2n) is 5.72. The number of thiophene rings is 1. The first-order valence-corrected chi connectivity index (χ1v) is 8.57. The number of aromatic nitrogens is 3. The zero-order valence-electron chi connectivity index (χ0n) is 13.2. The number of rotatable bonds is 2. The van der Waals surface area contributed by atoms with Crippen molar-refractivity contribution in [2.24, 2.45) is 7.05 Å². The van der Waals surface area contributed by atoms with E-state index in [1.807, 2.05) is 17.6 Å². The van der Waals surface area contributed by atoms with Gasteiger partial charge in [0.2, 0.25) is 0 Å². The van der Waals surface area contributed by atoms with E-state index in [0.29, 0.717) is 25.3 Å². The Morgan fingerprint density at radius 2 is 2.08 bits per heavy atom. The second-order valence-corrected chi connectivity index (χ2v) is 6.67. The third-order valence-electron chi connectivity index (χ3n) is 4.33. The molecule has 4 heterocycles. The lowest BCUT2D eigenvalue weighted by Crippen LogP contribution is -2.40. The maximum Gasteiger partial charge on any atom is 0.271 e. The molecule has 0 bridgehead atoms. The number of hydrogen-bond acceptors (Lipinski definition) is 4. The first kappa shape index (κ1) is 14.9. The normalized spacial score (nSPS) is 13.8. The molecule has 0 saturated carbocycles. The molecular formula is C17H16N4O2S. The van der Waals surface area contributed by atoms with Gasteiger partial charge in [-0.15, -0.1) is 11.3 Å². The molecule has 0 aromatic carbocycles. The molecule has 1 aliphatic heterocycles. The van der Waals surface area contributed by atoms with Crippen LogP contribution in [0, 0.1) is 0 Å². The summed E-state index contributed by atoms with van der Waals surface area (Å²) in [7, 11) is 1.62. The predicted octanol–water partition coefficient (Wildman–Crippen LogP) is 1.97. The van der Waals surface area contributed by atoms with Gasteiger partial charge in [-0.25, -0.2) is 4.98 Å². The average molecular weight is 340 g/mol. The molecule has 0 radical (unpaired) electrons. The Bertz CT molecular complexity index is 955. The highest BCUT2D eigenvalue weighted by Gasteiger charge is 2.26. The lowest BCUT2D eigenvalue weighted by molar-refractivity contribution is 0.0697. The van der Waals surface area contributed by atoms with Crippen LogP contribution >= 0.6 is 11.3 Å². The fourth-order valence-corrected chi connectivity index (χ4v) is 3.74. The van der Waals surface area contributed by atoms with Crippen LogP contribution in [-0.2, 0) is 20.1 Å². The van der Waals surface area contributed by atoms with E-state index in [2.05, 4.69) is 15.6 Å². The minimum atomic E-state index is -0.181. The smallest absolute Gasteiger partial charge is 0.271 e. The fourth-order valence-electron chi connectivity index (χ4n) is 3.00. The lowest BCUT2D eigenvalue weighted by Gasteiger charge is -2.29. The number of pyridine rings is 1. The zero-order chi connectivity index (χ0) is 16.7. The van der Waals surface area contributed by atoms with Gasteiger partial charge in [-0.1, -0.05) is 12.1 Å². The largest absolute Gasteiger partial charge is 0.328 e. The number of amides is 1. The Morgan fingerprint density at radius 3 is 2.88 bits per heavy atom. The van der Waals surface area contributed by atoms with Crippen LogP contribution in [0.4, 0.5) is 0 Å². The standard InChI is InChI=1S/C17H16N4O2S/c1-19-12(4-2-6-16(19)22)17(23)20-7-8-21-13(10-18-15(21)11-20)14-5-3-9-24-14/h2-6,9-10H,7-8,11H2,1H3. The SMILES string of the molecule is Cn1c(C(=O)N2CCn3c(-c4cccs4)cnc3C2)cccc1=O. The van der Waals surface area contributed by atoms with Crippen LogP contribution in [0.2, 0.25) is 0 Å². The number of carbonyl (C=O) groups is 1. The summed E-state index contributed by atoms with van der Waals surface area (Å²) < 4.78 is 3.56. The van der Waals surface area contributed by atoms with Crippen molar-refractivity contribution in [3.63, 3.8) is 0 Å². The second kappa shape index (κ2) is 5.76. The molecule has 0 atom stereocenters. The average Bonchev–Trinajstić information content (AvgIpc) is 3.25. The van der Waals surface area contributed by atoms with Gasteiger partial charge in [-0.3, -0.25) is 9.59 Å². The van der Waals surface area contributed by atoms with Crippen LogP contribution < -0.4 is 5.56 Å². The molecule has 3 aromatic rings. The summed E-state index contributed by atoms with van der Waals surface area (Å²) in [5.74, 6) is 0.737. The van der Waals surface area contributed by atoms with Gasteiger partial charge in [0.25, 0.3) is 11.5 Å². The summed E-state index contributed by atoms with van der Waals surface area (Å²) in [6, 6.07) is 8.85. The van der Waals surface area contributed by atoms with Gasteiger partial charge < -0.3 is 14.0 Å². The van der Waals surface area contributed by atoms with Crippen molar-refractivity contribution >= 4 is 17.2 Å². The topological polar surface area (TPSA) is 60.1 Å². The Hall–Kier alpha value is -2.67. The van der Waals surface area contributed by atoms with Gasteiger partial charge in [0, 0.05) is 26.2 Å². The third-order valence-corrected chi connectivity index (χ3v) is 5.22. The van der Waals surface area contributed by atoms with E-state index in [1.165, 1.54) is 15.5 Å². The van der Waals surface area contributed by atoms with Gasteiger partial charge in [-0.2, -0.15) is 0 Å². The Kier molecular flexibility index (Phi) is 3.57. The number of hydrogen-bond donors (Lipinski definition) is 0. The van der Waals surface area contributed by atoms with Crippen LogP contribution in [0.5, 0.6) is 0 Å². The van der Waals surface area contributed by atoms with E-state index in [-0.39, 0.29) is 11.5 Å². The molecular weight excluding hydrogens is 324 g/mol. The monoisotopic (exact) mass is 340 g/mol. The highest BCUT2D eigenvalue weighted by molar-refractivity contribution is 7.13. The Morgan fingerprint density at radius 1 is 1.21 bits per heavy atom. The number of imidazole rings is 1. The van der Waals surface area contributed by atoms with E-state index < -0.39 is 0 Å². The maximum absolute atomic E-state index is 12.7. The molecule has 6 nitrogen and oxygen atoms in total. The van der Waals surface area contributed by atoms with Crippen molar-refractivity contribution < 1.29 is 4.79 Å². The molecule has 0 aliphatic carbocycles. The molecule has 0 spiro atoms. The number of nitrogens with zero attached hydrogens (tertiary/aromatic N) is 4. The molecule has 0 fully saturated rings. The van der Waals surface area contributed by atoms with E-state index in [1.54, 1.807) is 35.4 Å². The molecule has 4 rings (SSSR count). The predicted molar refractivity (Wildman–Crippen MR) is 92.0 cm³/mol. The molecule has 24 heavy (non-hydrogen) atoms. The molecule has 0 N–H and O–H groups in total. The van der Waals surface area contributed by atoms with Crippen LogP contribution in [0.3, 0.4) is 0 Å². The molecule has 0 saturated heterocycles. The molecule has 122 valence electrons. The van der Waals surface area contributed by atoms with Crippen LogP contribution in [0.15, 0.2) is 46.7 Å². The first-order chi connectivity index (χ1) is 11.6. The van der Waals surface area contributed by atoms with Crippen molar-refractivity contribution in [1.82, 2.24) is 19.0 Å². The molecule has 1 aliphatic rings. The Labute approximate surface area is 142 Å². The van der Waals surface area contributed by atoms with Crippen molar-refractivity contribution in [3.05, 3.63) is 63.8 Å². The summed E-state index contributed by atoms with van der Waals surface area (Å²) in [4.78, 5) is 31.9. The number of carbonyl (C=O) groups excluding carboxylic acids is 1. The highest BCUT2D eigenvalue weighted by atomic mass is 32.1. The summed E-state index contributed by atoms with van der Waals surface area (Å²) in [5.41, 5.74) is 1.32. The van der Waals surface area contributed by atoms with Crippen LogP contribution in [0.1, 0.15) is 16.3 Å². The zero-order valence-corrected chi connectivity index (χ0v) is 14.0. The molecule has 0 unspecified atom stereocenters. The van der Waals surface area contributed by atoms with E-state index in [4.69, 9.17) is 0 Å². The minimum Gasteiger partial charge on any atom is -0.328 e. The highest BCUT2D eigenvalue weighted by Crippen LogP contribution is 2.27. The van der Waals surface area contributed by atoms with Gasteiger partial charge in [0.15, 0.2) is 0 Å². The van der Waals surface area contributed by atoms with Gasteiger partial charge in [0.05, 0.1) is 23.3 Å². The van der Waals surface area contributed by atoms with Crippen LogP contribution in [0.25, 0.3) is 10.6 Å². The van der Waals surface area contributed by atoms with Gasteiger partial charge >= 0.3 is 0 Å². The van der Waals surface area contributed by atoms with E-state index >= 15 is 0 Å². The van der Waals surface area contributed by atoms with Crippen molar-refractivity contribution in [3.8, 4) is 10.6 Å². The van der Waals surface area contributed by atoms with Crippen molar-refractivity contribution in [1.29, 1.82) is 0 Å². The summed E-state index contributed by atoms with van der Waals surface area (Å²) in [6.07, 6.45) is 1.87. The summed E-state index contributed by atoms with van der Waals surface area (Å²) in [6.45, 7) is 1.76. The Balaban J connectivity index is 1.62. The summed E-state index contributed by atoms with van der Waals surface area (Å²) in [5, 5.41) is 2.05. The van der Waals surface area contributed by atoms with Crippen LogP contribution in [-0.4, -0.2) is 31.5 Å².